The lowest BCUT2D eigenvalue weighted by molar-refractivity contribution is 0.0701. The number of benzene rings is 1. The van der Waals surface area contributed by atoms with Gasteiger partial charge in [0.05, 0.1) is 0 Å². The van der Waals surface area contributed by atoms with Crippen molar-refractivity contribution in [1.29, 1.82) is 0 Å². The minimum atomic E-state index is -0.810. The highest BCUT2D eigenvalue weighted by molar-refractivity contribution is 5.92. The second kappa shape index (κ2) is 5.76. The molecule has 0 fully saturated rings. The molecule has 0 saturated carbocycles. The summed E-state index contributed by atoms with van der Waals surface area (Å²) in [6.45, 7) is 0. The third-order valence-electron chi connectivity index (χ3n) is 2.20. The fraction of sp³-hybridized carbons (Fsp3) is 0. The highest BCUT2D eigenvalue weighted by Crippen LogP contribution is 2.15. The Kier molecular flexibility index (Phi) is 3.86. The number of nitrogens with one attached hydrogen (secondary N) is 3. The standard InChI is InChI=1S/C11H11N5O3/c17-10(16-19)8-6-9(15-18)14-11(13-8)12-7-4-2-1-3-5-7/h1-6,18-19H,(H,16,17)(H2,12,13,14,15). The zero-order valence-electron chi connectivity index (χ0n) is 9.66. The van der Waals surface area contributed by atoms with Crippen LogP contribution in [-0.2, 0) is 0 Å². The molecule has 0 spiro atoms. The minimum Gasteiger partial charge on any atom is -0.324 e. The van der Waals surface area contributed by atoms with Crippen LogP contribution < -0.4 is 16.3 Å². The van der Waals surface area contributed by atoms with Crippen molar-refractivity contribution < 1.29 is 15.2 Å². The molecule has 0 radical (unpaired) electrons. The van der Waals surface area contributed by atoms with Crippen molar-refractivity contribution in [3.05, 3.63) is 42.1 Å². The Bertz CT molecular complexity index is 576. The lowest BCUT2D eigenvalue weighted by atomic mass is 10.3. The molecule has 8 nitrogen and oxygen atoms in total. The van der Waals surface area contributed by atoms with Crippen LogP contribution in [0.15, 0.2) is 36.4 Å². The maximum absolute atomic E-state index is 11.3. The molecule has 0 unspecified atom stereocenters. The van der Waals surface area contributed by atoms with E-state index in [1.807, 2.05) is 23.7 Å². The Labute approximate surface area is 108 Å². The van der Waals surface area contributed by atoms with Crippen molar-refractivity contribution in [1.82, 2.24) is 15.4 Å². The fourth-order valence-electron chi connectivity index (χ4n) is 1.38. The molecule has 1 amide bonds. The van der Waals surface area contributed by atoms with E-state index in [0.717, 1.165) is 0 Å². The first kappa shape index (κ1) is 12.7. The number of hydroxylamine groups is 1. The van der Waals surface area contributed by atoms with Crippen LogP contribution in [0.25, 0.3) is 0 Å². The first-order valence-corrected chi connectivity index (χ1v) is 5.28. The SMILES string of the molecule is O=C(NO)c1cc(NO)nc(Nc2ccccc2)n1. The summed E-state index contributed by atoms with van der Waals surface area (Å²) in [5.41, 5.74) is 3.89. The Balaban J connectivity index is 2.32. The quantitative estimate of drug-likeness (QED) is 0.413. The summed E-state index contributed by atoms with van der Waals surface area (Å²) in [7, 11) is 0. The van der Waals surface area contributed by atoms with Gasteiger partial charge in [0, 0.05) is 11.8 Å². The Morgan fingerprint density at radius 1 is 1.11 bits per heavy atom. The first-order valence-electron chi connectivity index (χ1n) is 5.28. The monoisotopic (exact) mass is 261 g/mol. The molecular formula is C11H11N5O3. The van der Waals surface area contributed by atoms with Crippen molar-refractivity contribution >= 4 is 23.4 Å². The second-order valence-electron chi connectivity index (χ2n) is 3.51. The van der Waals surface area contributed by atoms with Crippen LogP contribution in [0.1, 0.15) is 10.5 Å². The van der Waals surface area contributed by atoms with Gasteiger partial charge in [0.25, 0.3) is 5.91 Å². The second-order valence-corrected chi connectivity index (χ2v) is 3.51. The van der Waals surface area contributed by atoms with Crippen LogP contribution in [0, 0.1) is 0 Å². The molecule has 98 valence electrons. The molecule has 5 N–H and O–H groups in total. The maximum atomic E-state index is 11.3. The number of amides is 1. The summed E-state index contributed by atoms with van der Waals surface area (Å²) in [6.07, 6.45) is 0. The molecule has 19 heavy (non-hydrogen) atoms. The van der Waals surface area contributed by atoms with E-state index in [1.165, 1.54) is 11.5 Å². The number of anilines is 3. The zero-order chi connectivity index (χ0) is 13.7. The van der Waals surface area contributed by atoms with Crippen LogP contribution >= 0.6 is 0 Å². The van der Waals surface area contributed by atoms with Crippen LogP contribution in [0.4, 0.5) is 17.5 Å². The highest BCUT2D eigenvalue weighted by atomic mass is 16.5. The molecule has 0 saturated heterocycles. The average Bonchev–Trinajstić information content (AvgIpc) is 2.47. The number of carbonyl (C=O) groups excluding carboxylic acids is 1. The molecule has 8 heteroatoms. The van der Waals surface area contributed by atoms with E-state index in [0.29, 0.717) is 5.69 Å². The van der Waals surface area contributed by atoms with E-state index in [4.69, 9.17) is 10.4 Å². The molecule has 2 rings (SSSR count). The number of para-hydroxylation sites is 1. The van der Waals surface area contributed by atoms with Crippen molar-refractivity contribution in [3.63, 3.8) is 0 Å². The molecule has 0 aliphatic carbocycles. The van der Waals surface area contributed by atoms with E-state index in [1.54, 1.807) is 12.1 Å². The van der Waals surface area contributed by atoms with Crippen LogP contribution in [-0.4, -0.2) is 26.3 Å². The third kappa shape index (κ3) is 3.15. The van der Waals surface area contributed by atoms with Gasteiger partial charge in [-0.15, -0.1) is 0 Å². The summed E-state index contributed by atoms with van der Waals surface area (Å²) < 4.78 is 0. The van der Waals surface area contributed by atoms with Crippen LogP contribution in [0.2, 0.25) is 0 Å². The van der Waals surface area contributed by atoms with Gasteiger partial charge in [-0.2, -0.15) is 4.98 Å². The molecule has 0 aliphatic heterocycles. The average molecular weight is 261 g/mol. The molecule has 0 atom stereocenters. The number of rotatable bonds is 4. The summed E-state index contributed by atoms with van der Waals surface area (Å²) in [5.74, 6) is -0.689. The maximum Gasteiger partial charge on any atom is 0.293 e. The van der Waals surface area contributed by atoms with Gasteiger partial charge in [0.15, 0.2) is 5.82 Å². The normalized spacial score (nSPS) is 9.79. The van der Waals surface area contributed by atoms with Gasteiger partial charge in [-0.3, -0.25) is 20.7 Å². The van der Waals surface area contributed by atoms with E-state index >= 15 is 0 Å². The van der Waals surface area contributed by atoms with Crippen LogP contribution in [0.5, 0.6) is 0 Å². The minimum absolute atomic E-state index is 0.0204. The Morgan fingerprint density at radius 3 is 2.47 bits per heavy atom. The zero-order valence-corrected chi connectivity index (χ0v) is 9.66. The largest absolute Gasteiger partial charge is 0.324 e. The van der Waals surface area contributed by atoms with Gasteiger partial charge in [-0.25, -0.2) is 10.5 Å². The summed E-state index contributed by atoms with van der Waals surface area (Å²) in [5, 5.41) is 20.3. The number of aromatic nitrogens is 2. The molecule has 0 aliphatic rings. The molecule has 1 heterocycles. The van der Waals surface area contributed by atoms with Crippen molar-refractivity contribution in [2.45, 2.75) is 0 Å². The molecule has 1 aromatic carbocycles. The van der Waals surface area contributed by atoms with E-state index in [2.05, 4.69) is 15.3 Å². The molecule has 0 bridgehead atoms. The van der Waals surface area contributed by atoms with Crippen molar-refractivity contribution in [3.8, 4) is 0 Å². The fourth-order valence-corrected chi connectivity index (χ4v) is 1.38. The number of hydrogen-bond acceptors (Lipinski definition) is 7. The van der Waals surface area contributed by atoms with Gasteiger partial charge >= 0.3 is 0 Å². The van der Waals surface area contributed by atoms with E-state index in [9.17, 15) is 4.79 Å². The number of carbonyl (C=O) groups is 1. The van der Waals surface area contributed by atoms with E-state index < -0.39 is 5.91 Å². The van der Waals surface area contributed by atoms with Gasteiger partial charge < -0.3 is 5.32 Å². The van der Waals surface area contributed by atoms with Crippen LogP contribution in [0.3, 0.4) is 0 Å². The highest BCUT2D eigenvalue weighted by Gasteiger charge is 2.11. The van der Waals surface area contributed by atoms with Gasteiger partial charge in [-0.05, 0) is 12.1 Å². The molecule has 1 aromatic heterocycles. The predicted molar refractivity (Wildman–Crippen MR) is 66.4 cm³/mol. The van der Waals surface area contributed by atoms with E-state index in [-0.39, 0.29) is 17.5 Å². The summed E-state index contributed by atoms with van der Waals surface area (Å²) >= 11 is 0. The van der Waals surface area contributed by atoms with Gasteiger partial charge in [0.1, 0.15) is 5.69 Å². The topological polar surface area (TPSA) is 119 Å². The van der Waals surface area contributed by atoms with Crippen molar-refractivity contribution in [2.24, 2.45) is 0 Å². The summed E-state index contributed by atoms with van der Waals surface area (Å²) in [4.78, 5) is 19.1. The third-order valence-corrected chi connectivity index (χ3v) is 2.20. The van der Waals surface area contributed by atoms with Crippen molar-refractivity contribution in [2.75, 3.05) is 10.8 Å². The predicted octanol–water partition coefficient (Wildman–Crippen LogP) is 1.14. The van der Waals surface area contributed by atoms with Gasteiger partial charge in [0.2, 0.25) is 5.95 Å². The summed E-state index contributed by atoms with van der Waals surface area (Å²) in [6, 6.07) is 10.2. The lowest BCUT2D eigenvalue weighted by Gasteiger charge is -2.08. The smallest absolute Gasteiger partial charge is 0.293 e. The Morgan fingerprint density at radius 2 is 1.84 bits per heavy atom. The number of hydrogen-bond donors (Lipinski definition) is 5. The molecule has 2 aromatic rings. The lowest BCUT2D eigenvalue weighted by Crippen LogP contribution is -2.21. The first-order chi connectivity index (χ1) is 9.22. The van der Waals surface area contributed by atoms with Gasteiger partial charge in [-0.1, -0.05) is 18.2 Å². The number of nitrogens with zero attached hydrogens (tertiary/aromatic N) is 2. The molecular weight excluding hydrogens is 250 g/mol. The Hall–Kier alpha value is -2.71.